The molecule has 0 aliphatic carbocycles. The number of carboxylic acids is 1. The van der Waals surface area contributed by atoms with E-state index < -0.39 is 12.0 Å². The van der Waals surface area contributed by atoms with E-state index in [1.54, 1.807) is 0 Å². The SMILES string of the molecule is CCCC(C(=O)N[C@@H](Cc1ccccc1)C(=O)O)C(C)C. The Kier molecular flexibility index (Phi) is 6.92. The molecule has 1 aromatic carbocycles. The summed E-state index contributed by atoms with van der Waals surface area (Å²) < 4.78 is 0. The van der Waals surface area contributed by atoms with Crippen molar-refractivity contribution < 1.29 is 14.7 Å². The minimum Gasteiger partial charge on any atom is -0.480 e. The van der Waals surface area contributed by atoms with Crippen LogP contribution in [0.1, 0.15) is 39.2 Å². The highest BCUT2D eigenvalue weighted by Crippen LogP contribution is 2.17. The van der Waals surface area contributed by atoms with Crippen molar-refractivity contribution in [3.8, 4) is 0 Å². The molecule has 0 aliphatic rings. The molecular weight excluding hydrogens is 266 g/mol. The number of hydrogen-bond acceptors (Lipinski definition) is 2. The molecule has 0 spiro atoms. The van der Waals surface area contributed by atoms with Crippen LogP contribution in [0, 0.1) is 11.8 Å². The van der Waals surface area contributed by atoms with Gasteiger partial charge in [0, 0.05) is 12.3 Å². The second-order valence-electron chi connectivity index (χ2n) is 5.73. The Bertz CT molecular complexity index is 456. The van der Waals surface area contributed by atoms with E-state index in [0.717, 1.165) is 18.4 Å². The van der Waals surface area contributed by atoms with Gasteiger partial charge in [-0.1, -0.05) is 57.5 Å². The van der Waals surface area contributed by atoms with Crippen LogP contribution >= 0.6 is 0 Å². The summed E-state index contributed by atoms with van der Waals surface area (Å²) in [6.45, 7) is 6.01. The van der Waals surface area contributed by atoms with Crippen molar-refractivity contribution in [2.45, 2.75) is 46.1 Å². The Balaban J connectivity index is 2.74. The molecule has 0 saturated heterocycles. The summed E-state index contributed by atoms with van der Waals surface area (Å²) >= 11 is 0. The van der Waals surface area contributed by atoms with Gasteiger partial charge in [0.2, 0.25) is 5.91 Å². The molecule has 0 heterocycles. The zero-order valence-corrected chi connectivity index (χ0v) is 13.0. The normalized spacial score (nSPS) is 13.7. The second-order valence-corrected chi connectivity index (χ2v) is 5.73. The molecule has 0 aromatic heterocycles. The summed E-state index contributed by atoms with van der Waals surface area (Å²) in [6, 6.07) is 8.47. The standard InChI is InChI=1S/C17H25NO3/c1-4-8-14(12(2)3)16(19)18-15(17(20)21)11-13-9-6-5-7-10-13/h5-7,9-10,12,14-15H,4,8,11H2,1-3H3,(H,18,19)(H,20,21)/t14?,15-/m0/s1. The quantitative estimate of drug-likeness (QED) is 0.774. The Morgan fingerprint density at radius 1 is 1.19 bits per heavy atom. The average molecular weight is 291 g/mol. The summed E-state index contributed by atoms with van der Waals surface area (Å²) in [5.41, 5.74) is 0.904. The fraction of sp³-hybridized carbons (Fsp3) is 0.529. The van der Waals surface area contributed by atoms with Gasteiger partial charge in [-0.25, -0.2) is 4.79 Å². The first-order chi connectivity index (χ1) is 9.95. The maximum Gasteiger partial charge on any atom is 0.326 e. The van der Waals surface area contributed by atoms with E-state index in [-0.39, 0.29) is 17.7 Å². The minimum absolute atomic E-state index is 0.132. The largest absolute Gasteiger partial charge is 0.480 e. The van der Waals surface area contributed by atoms with E-state index in [1.165, 1.54) is 0 Å². The number of aliphatic carboxylic acids is 1. The first kappa shape index (κ1) is 17.2. The summed E-state index contributed by atoms with van der Waals surface area (Å²) in [7, 11) is 0. The Morgan fingerprint density at radius 3 is 2.29 bits per heavy atom. The number of carbonyl (C=O) groups excluding carboxylic acids is 1. The van der Waals surface area contributed by atoms with E-state index in [0.29, 0.717) is 6.42 Å². The van der Waals surface area contributed by atoms with E-state index in [4.69, 9.17) is 0 Å². The van der Waals surface area contributed by atoms with E-state index in [1.807, 2.05) is 51.1 Å². The van der Waals surface area contributed by atoms with Crippen molar-refractivity contribution in [1.29, 1.82) is 0 Å². The molecule has 0 bridgehead atoms. The van der Waals surface area contributed by atoms with Crippen molar-refractivity contribution in [1.82, 2.24) is 5.32 Å². The van der Waals surface area contributed by atoms with Crippen LogP contribution in [-0.4, -0.2) is 23.0 Å². The van der Waals surface area contributed by atoms with Crippen molar-refractivity contribution in [2.24, 2.45) is 11.8 Å². The smallest absolute Gasteiger partial charge is 0.326 e. The van der Waals surface area contributed by atoms with Gasteiger partial charge in [-0.05, 0) is 17.9 Å². The zero-order valence-electron chi connectivity index (χ0n) is 13.0. The lowest BCUT2D eigenvalue weighted by Crippen LogP contribution is -2.45. The molecule has 2 atom stereocenters. The molecule has 1 aromatic rings. The Labute approximate surface area is 126 Å². The summed E-state index contributed by atoms with van der Waals surface area (Å²) in [5.74, 6) is -1.08. The number of benzene rings is 1. The van der Waals surface area contributed by atoms with E-state index in [9.17, 15) is 14.7 Å². The highest BCUT2D eigenvalue weighted by atomic mass is 16.4. The summed E-state index contributed by atoms with van der Waals surface area (Å²) in [6.07, 6.45) is 1.99. The molecule has 0 aliphatic heterocycles. The lowest BCUT2D eigenvalue weighted by molar-refractivity contribution is -0.142. The predicted molar refractivity (Wildman–Crippen MR) is 82.9 cm³/mol. The van der Waals surface area contributed by atoms with Gasteiger partial charge in [-0.3, -0.25) is 4.79 Å². The highest BCUT2D eigenvalue weighted by molar-refractivity contribution is 5.85. The molecule has 1 unspecified atom stereocenters. The number of amides is 1. The van der Waals surface area contributed by atoms with Gasteiger partial charge in [0.25, 0.3) is 0 Å². The van der Waals surface area contributed by atoms with Crippen LogP contribution in [0.15, 0.2) is 30.3 Å². The lowest BCUT2D eigenvalue weighted by Gasteiger charge is -2.22. The van der Waals surface area contributed by atoms with E-state index in [2.05, 4.69) is 5.32 Å². The number of rotatable bonds is 8. The molecule has 2 N–H and O–H groups in total. The average Bonchev–Trinajstić information content (AvgIpc) is 2.44. The molecule has 1 rings (SSSR count). The van der Waals surface area contributed by atoms with Crippen LogP contribution < -0.4 is 5.32 Å². The van der Waals surface area contributed by atoms with E-state index >= 15 is 0 Å². The van der Waals surface area contributed by atoms with Gasteiger partial charge < -0.3 is 10.4 Å². The summed E-state index contributed by atoms with van der Waals surface area (Å²) in [5, 5.41) is 12.0. The maximum atomic E-state index is 12.3. The van der Waals surface area contributed by atoms with Gasteiger partial charge in [-0.15, -0.1) is 0 Å². The number of hydrogen-bond donors (Lipinski definition) is 2. The Hall–Kier alpha value is -1.84. The molecule has 4 heteroatoms. The van der Waals surface area contributed by atoms with Crippen molar-refractivity contribution in [2.75, 3.05) is 0 Å². The third-order valence-electron chi connectivity index (χ3n) is 3.64. The second kappa shape index (κ2) is 8.45. The van der Waals surface area contributed by atoms with Gasteiger partial charge in [0.05, 0.1) is 0 Å². The van der Waals surface area contributed by atoms with Crippen molar-refractivity contribution in [3.05, 3.63) is 35.9 Å². The molecule has 4 nitrogen and oxygen atoms in total. The van der Waals surface area contributed by atoms with Crippen LogP contribution in [0.5, 0.6) is 0 Å². The zero-order chi connectivity index (χ0) is 15.8. The molecule has 1 amide bonds. The van der Waals surface area contributed by atoms with Gasteiger partial charge in [0.15, 0.2) is 0 Å². The number of nitrogens with one attached hydrogen (secondary N) is 1. The number of carboxylic acid groups (broad SMARTS) is 1. The topological polar surface area (TPSA) is 66.4 Å². The highest BCUT2D eigenvalue weighted by Gasteiger charge is 2.26. The van der Waals surface area contributed by atoms with Gasteiger partial charge in [-0.2, -0.15) is 0 Å². The van der Waals surface area contributed by atoms with Crippen LogP contribution in [0.2, 0.25) is 0 Å². The maximum absolute atomic E-state index is 12.3. The fourth-order valence-corrected chi connectivity index (χ4v) is 2.41. The molecule has 0 radical (unpaired) electrons. The first-order valence-electron chi connectivity index (χ1n) is 7.52. The molecule has 0 fully saturated rings. The third kappa shape index (κ3) is 5.58. The predicted octanol–water partition coefficient (Wildman–Crippen LogP) is 2.87. The molecular formula is C17H25NO3. The summed E-state index contributed by atoms with van der Waals surface area (Å²) in [4.78, 5) is 23.7. The molecule has 21 heavy (non-hydrogen) atoms. The van der Waals surface area contributed by atoms with Gasteiger partial charge >= 0.3 is 5.97 Å². The Morgan fingerprint density at radius 2 is 1.81 bits per heavy atom. The monoisotopic (exact) mass is 291 g/mol. The van der Waals surface area contributed by atoms with Crippen LogP contribution in [-0.2, 0) is 16.0 Å². The fourth-order valence-electron chi connectivity index (χ4n) is 2.41. The number of carbonyl (C=O) groups is 2. The van der Waals surface area contributed by atoms with Crippen LogP contribution in [0.25, 0.3) is 0 Å². The van der Waals surface area contributed by atoms with Crippen molar-refractivity contribution >= 4 is 11.9 Å². The lowest BCUT2D eigenvalue weighted by atomic mass is 9.90. The molecule has 116 valence electrons. The van der Waals surface area contributed by atoms with Gasteiger partial charge in [0.1, 0.15) is 6.04 Å². The van der Waals surface area contributed by atoms with Crippen molar-refractivity contribution in [3.63, 3.8) is 0 Å². The van der Waals surface area contributed by atoms with Crippen LogP contribution in [0.4, 0.5) is 0 Å². The minimum atomic E-state index is -0.994. The molecule has 0 saturated carbocycles. The third-order valence-corrected chi connectivity index (χ3v) is 3.64. The first-order valence-corrected chi connectivity index (χ1v) is 7.52. The van der Waals surface area contributed by atoms with Crippen LogP contribution in [0.3, 0.4) is 0 Å².